The predicted octanol–water partition coefficient (Wildman–Crippen LogP) is 3.42. The molecule has 0 unspecified atom stereocenters. The van der Waals surface area contributed by atoms with Gasteiger partial charge in [0.1, 0.15) is 17.0 Å². The number of aliphatic imine (C=N–C) groups is 2. The fraction of sp³-hybridized carbons (Fsp3) is 0.238. The fourth-order valence-corrected chi connectivity index (χ4v) is 3.07. The Morgan fingerprint density at radius 1 is 1.29 bits per heavy atom. The van der Waals surface area contributed by atoms with Crippen molar-refractivity contribution in [2.24, 2.45) is 9.98 Å². The monoisotopic (exact) mass is 378 g/mol. The number of carboxylic acid groups (broad SMARTS) is 1. The molecular weight excluding hydrogens is 356 g/mol. The van der Waals surface area contributed by atoms with Crippen LogP contribution >= 0.6 is 0 Å². The number of nitrogens with zero attached hydrogens (tertiary/aromatic N) is 4. The van der Waals surface area contributed by atoms with Crippen molar-refractivity contribution < 1.29 is 14.6 Å². The van der Waals surface area contributed by atoms with Gasteiger partial charge in [-0.2, -0.15) is 0 Å². The molecule has 0 spiro atoms. The third-order valence-corrected chi connectivity index (χ3v) is 4.49. The Morgan fingerprint density at radius 2 is 2.07 bits per heavy atom. The van der Waals surface area contributed by atoms with E-state index < -0.39 is 5.97 Å². The van der Waals surface area contributed by atoms with Crippen molar-refractivity contribution in [2.45, 2.75) is 12.8 Å². The maximum Gasteiger partial charge on any atom is 0.339 e. The molecule has 0 bridgehead atoms. The third-order valence-electron chi connectivity index (χ3n) is 4.49. The van der Waals surface area contributed by atoms with Crippen molar-refractivity contribution in [1.82, 2.24) is 4.98 Å². The van der Waals surface area contributed by atoms with Gasteiger partial charge in [-0.3, -0.25) is 4.98 Å². The largest absolute Gasteiger partial charge is 0.496 e. The van der Waals surface area contributed by atoms with Gasteiger partial charge in [-0.15, -0.1) is 0 Å². The Kier molecular flexibility index (Phi) is 6.16. The number of aromatic carboxylic acids is 1. The summed E-state index contributed by atoms with van der Waals surface area (Å²) in [5.41, 5.74) is 2.86. The van der Waals surface area contributed by atoms with E-state index in [-0.39, 0.29) is 5.56 Å². The van der Waals surface area contributed by atoms with Crippen molar-refractivity contribution in [3.05, 3.63) is 66.6 Å². The number of rotatable bonds is 5. The number of carbonyl (C=O) groups is 1. The van der Waals surface area contributed by atoms with Crippen LogP contribution in [0.2, 0.25) is 0 Å². The molecule has 2 aromatic rings. The van der Waals surface area contributed by atoms with Crippen LogP contribution in [0.4, 0.5) is 5.69 Å². The molecule has 0 radical (unpaired) electrons. The molecule has 1 aromatic heterocycles. The maximum atomic E-state index is 11.3. The number of aromatic nitrogens is 1. The molecule has 3 rings (SSSR count). The summed E-state index contributed by atoms with van der Waals surface area (Å²) in [7, 11) is 1.48. The van der Waals surface area contributed by atoms with Crippen LogP contribution in [0.5, 0.6) is 5.75 Å². The van der Waals surface area contributed by atoms with E-state index in [9.17, 15) is 9.90 Å². The minimum atomic E-state index is -1.000. The first-order valence-electron chi connectivity index (χ1n) is 8.95. The van der Waals surface area contributed by atoms with Gasteiger partial charge >= 0.3 is 5.97 Å². The lowest BCUT2D eigenvalue weighted by molar-refractivity contribution is 0.0693. The maximum absolute atomic E-state index is 11.3. The van der Waals surface area contributed by atoms with Gasteiger partial charge in [0.15, 0.2) is 5.84 Å². The molecule has 1 fully saturated rings. The van der Waals surface area contributed by atoms with Gasteiger partial charge < -0.3 is 14.7 Å². The van der Waals surface area contributed by atoms with Crippen LogP contribution in [0, 0.1) is 0 Å². The van der Waals surface area contributed by atoms with Gasteiger partial charge in [0.2, 0.25) is 0 Å². The number of piperidine rings is 1. The molecule has 1 N–H and O–H groups in total. The standard InChI is InChI=1S/C21H22N4O3/c1-3-22-20(18-6-4-5-11-23-18)24-15-9-12-25(13-10-15)16-7-8-17(21(26)27)19(14-16)28-2/h3-8,11,14H,1,9-10,12-13H2,2H3,(H,26,27)/b22-20-. The molecule has 0 saturated carbocycles. The smallest absolute Gasteiger partial charge is 0.339 e. The van der Waals surface area contributed by atoms with Crippen molar-refractivity contribution in [3.63, 3.8) is 0 Å². The number of hydrogen-bond donors (Lipinski definition) is 1. The number of pyridine rings is 1. The summed E-state index contributed by atoms with van der Waals surface area (Å²) in [6, 6.07) is 10.8. The Bertz CT molecular complexity index is 913. The van der Waals surface area contributed by atoms with Gasteiger partial charge in [0.05, 0.1) is 7.11 Å². The zero-order valence-corrected chi connectivity index (χ0v) is 15.7. The van der Waals surface area contributed by atoms with Crippen LogP contribution < -0.4 is 9.64 Å². The number of anilines is 1. The highest BCUT2D eigenvalue weighted by Gasteiger charge is 2.19. The number of benzene rings is 1. The first kappa shape index (κ1) is 19.3. The van der Waals surface area contributed by atoms with Gasteiger partial charge in [-0.05, 0) is 24.3 Å². The van der Waals surface area contributed by atoms with Crippen LogP contribution in [0.1, 0.15) is 28.9 Å². The number of carboxylic acids is 1. The number of amidine groups is 1. The van der Waals surface area contributed by atoms with Crippen LogP contribution in [0.15, 0.2) is 65.4 Å². The molecule has 28 heavy (non-hydrogen) atoms. The minimum absolute atomic E-state index is 0.158. The second-order valence-corrected chi connectivity index (χ2v) is 6.21. The third kappa shape index (κ3) is 4.43. The van der Waals surface area contributed by atoms with Crippen molar-refractivity contribution in [1.29, 1.82) is 0 Å². The fourth-order valence-electron chi connectivity index (χ4n) is 3.07. The number of ether oxygens (including phenoxy) is 1. The summed E-state index contributed by atoms with van der Waals surface area (Å²) >= 11 is 0. The van der Waals surface area contributed by atoms with E-state index >= 15 is 0 Å². The van der Waals surface area contributed by atoms with Gasteiger partial charge in [0, 0.05) is 55.8 Å². The second kappa shape index (κ2) is 8.94. The summed E-state index contributed by atoms with van der Waals surface area (Å²) in [6.45, 7) is 5.21. The molecule has 2 heterocycles. The van der Waals surface area contributed by atoms with Crippen LogP contribution in [0.3, 0.4) is 0 Å². The lowest BCUT2D eigenvalue weighted by Gasteiger charge is -2.30. The van der Waals surface area contributed by atoms with Gasteiger partial charge in [-0.1, -0.05) is 12.6 Å². The predicted molar refractivity (Wildman–Crippen MR) is 110 cm³/mol. The van der Waals surface area contributed by atoms with E-state index in [1.807, 2.05) is 24.3 Å². The summed E-state index contributed by atoms with van der Waals surface area (Å²) in [6.07, 6.45) is 4.75. The van der Waals surface area contributed by atoms with Crippen LogP contribution in [-0.2, 0) is 0 Å². The SMILES string of the molecule is C=C/N=C(\N=C1CCN(c2ccc(C(=O)O)c(OC)c2)CC1)c1ccccn1. The number of hydrogen-bond acceptors (Lipinski definition) is 5. The molecule has 0 amide bonds. The van der Waals surface area contributed by atoms with Crippen molar-refractivity contribution >= 4 is 23.2 Å². The van der Waals surface area contributed by atoms with Crippen LogP contribution in [-0.4, -0.2) is 47.8 Å². The summed E-state index contributed by atoms with van der Waals surface area (Å²) < 4.78 is 5.22. The van der Waals surface area contributed by atoms with Crippen molar-refractivity contribution in [3.8, 4) is 5.75 Å². The quantitative estimate of drug-likeness (QED) is 0.636. The minimum Gasteiger partial charge on any atom is -0.496 e. The Morgan fingerprint density at radius 3 is 2.68 bits per heavy atom. The normalized spacial score (nSPS) is 14.5. The van der Waals surface area contributed by atoms with E-state index in [4.69, 9.17) is 9.73 Å². The molecule has 1 aliphatic heterocycles. The first-order valence-corrected chi connectivity index (χ1v) is 8.95. The van der Waals surface area contributed by atoms with E-state index in [0.717, 1.165) is 37.3 Å². The highest BCUT2D eigenvalue weighted by Crippen LogP contribution is 2.27. The lowest BCUT2D eigenvalue weighted by Crippen LogP contribution is -2.34. The second-order valence-electron chi connectivity index (χ2n) is 6.21. The molecule has 144 valence electrons. The highest BCUT2D eigenvalue weighted by atomic mass is 16.5. The lowest BCUT2D eigenvalue weighted by atomic mass is 10.1. The molecule has 0 atom stereocenters. The molecule has 1 aliphatic rings. The molecule has 7 heteroatoms. The van der Waals surface area contributed by atoms with Gasteiger partial charge in [-0.25, -0.2) is 14.8 Å². The highest BCUT2D eigenvalue weighted by molar-refractivity contribution is 6.06. The molecule has 7 nitrogen and oxygen atoms in total. The van der Waals surface area contributed by atoms with Crippen molar-refractivity contribution in [2.75, 3.05) is 25.1 Å². The Balaban J connectivity index is 1.73. The first-order chi connectivity index (χ1) is 13.6. The Hall–Kier alpha value is -3.48. The zero-order valence-electron chi connectivity index (χ0n) is 15.7. The van der Waals surface area contributed by atoms with E-state index in [1.165, 1.54) is 13.3 Å². The molecular formula is C21H22N4O3. The number of methoxy groups -OCH3 is 1. The topological polar surface area (TPSA) is 87.4 Å². The average molecular weight is 378 g/mol. The van der Waals surface area contributed by atoms with Crippen LogP contribution in [0.25, 0.3) is 0 Å². The summed E-state index contributed by atoms with van der Waals surface area (Å²) in [4.78, 5) is 26.7. The van der Waals surface area contributed by atoms with E-state index in [1.54, 1.807) is 18.3 Å². The molecule has 1 aromatic carbocycles. The summed E-state index contributed by atoms with van der Waals surface area (Å²) in [5, 5.41) is 9.22. The van der Waals surface area contributed by atoms with Gasteiger partial charge in [0.25, 0.3) is 0 Å². The van der Waals surface area contributed by atoms with E-state index in [2.05, 4.69) is 21.5 Å². The molecule has 0 aliphatic carbocycles. The average Bonchev–Trinajstić information content (AvgIpc) is 2.74. The van der Waals surface area contributed by atoms with E-state index in [0.29, 0.717) is 17.3 Å². The Labute approximate surface area is 163 Å². The zero-order chi connectivity index (χ0) is 19.9. The summed E-state index contributed by atoms with van der Waals surface area (Å²) in [5.74, 6) is -0.0773. The molecule has 1 saturated heterocycles.